The molecule has 0 saturated carbocycles. The minimum atomic E-state index is -3.64. The molecule has 204 valence electrons. The summed E-state index contributed by atoms with van der Waals surface area (Å²) in [6.07, 6.45) is 4.33. The van der Waals surface area contributed by atoms with Crippen LogP contribution in [-0.4, -0.2) is 86.4 Å². The number of benzene rings is 1. The van der Waals surface area contributed by atoms with Gasteiger partial charge in [0.05, 0.1) is 6.26 Å². The lowest BCUT2D eigenvalue weighted by atomic mass is 9.97. The van der Waals surface area contributed by atoms with Gasteiger partial charge in [-0.1, -0.05) is 37.3 Å². The zero-order chi connectivity index (χ0) is 27.0. The van der Waals surface area contributed by atoms with Gasteiger partial charge in [0.1, 0.15) is 12.1 Å². The number of nitrogens with one attached hydrogen (secondary N) is 2. The zero-order valence-electron chi connectivity index (χ0n) is 21.6. The first-order valence-corrected chi connectivity index (χ1v) is 14.7. The number of piperidine rings is 1. The highest BCUT2D eigenvalue weighted by molar-refractivity contribution is 7.88. The molecule has 0 bridgehead atoms. The van der Waals surface area contributed by atoms with Crippen molar-refractivity contribution >= 4 is 33.7 Å². The first kappa shape index (κ1) is 28.6. The van der Waals surface area contributed by atoms with Crippen LogP contribution in [0.5, 0.6) is 0 Å². The molecule has 2 aliphatic heterocycles. The van der Waals surface area contributed by atoms with Crippen molar-refractivity contribution in [2.75, 3.05) is 32.4 Å². The topological polar surface area (TPSA) is 154 Å². The SMILES string of the molecule is CCC(=O)/N=C(/N)N1CCC(CNC(=O)[C@@H]2CCCN2C(=O)[C@@H](Cc2ccccc2)NS(C)(=O)=O)CC1. The van der Waals surface area contributed by atoms with E-state index >= 15 is 0 Å². The second kappa shape index (κ2) is 13.0. The number of carbonyl (C=O) groups is 3. The lowest BCUT2D eigenvalue weighted by Gasteiger charge is -2.33. The highest BCUT2D eigenvalue weighted by atomic mass is 32.2. The fourth-order valence-electron chi connectivity index (χ4n) is 4.80. The lowest BCUT2D eigenvalue weighted by Crippen LogP contribution is -2.54. The standard InChI is InChI=1S/C25H38N6O5S/c1-3-22(32)28-25(26)30-14-11-19(12-15-30)17-27-23(33)21-10-7-13-31(21)24(34)20(29-37(2,35)36)16-18-8-5-4-6-9-18/h4-6,8-9,19-21,29H,3,7,10-17H2,1-2H3,(H,27,33)(H2,26,28,32)/t20-,21+/m1/s1. The Balaban J connectivity index is 1.56. The van der Waals surface area contributed by atoms with Gasteiger partial charge < -0.3 is 20.9 Å². The minimum absolute atomic E-state index is 0.201. The summed E-state index contributed by atoms with van der Waals surface area (Å²) in [6.45, 7) is 3.92. The summed E-state index contributed by atoms with van der Waals surface area (Å²) in [6, 6.07) is 7.58. The molecule has 3 amide bonds. The number of rotatable bonds is 9. The monoisotopic (exact) mass is 534 g/mol. The van der Waals surface area contributed by atoms with Crippen LogP contribution in [-0.2, 0) is 30.8 Å². The maximum absolute atomic E-state index is 13.4. The molecule has 0 spiro atoms. The molecule has 0 unspecified atom stereocenters. The van der Waals surface area contributed by atoms with E-state index in [4.69, 9.17) is 5.73 Å². The molecule has 2 fully saturated rings. The molecule has 4 N–H and O–H groups in total. The molecule has 11 nitrogen and oxygen atoms in total. The molecule has 1 aromatic carbocycles. The quantitative estimate of drug-likeness (QED) is 0.302. The fraction of sp³-hybridized carbons (Fsp3) is 0.600. The third kappa shape index (κ3) is 8.53. The van der Waals surface area contributed by atoms with E-state index in [1.807, 2.05) is 35.2 Å². The largest absolute Gasteiger partial charge is 0.369 e. The Morgan fingerprint density at radius 2 is 1.78 bits per heavy atom. The van der Waals surface area contributed by atoms with E-state index in [9.17, 15) is 22.8 Å². The van der Waals surface area contributed by atoms with Gasteiger partial charge in [-0.05, 0) is 43.6 Å². The average Bonchev–Trinajstić information content (AvgIpc) is 3.36. The molecule has 2 atom stereocenters. The molecule has 0 aromatic heterocycles. The highest BCUT2D eigenvalue weighted by Gasteiger charge is 2.38. The summed E-state index contributed by atoms with van der Waals surface area (Å²) in [5.41, 5.74) is 6.76. The Morgan fingerprint density at radius 1 is 1.11 bits per heavy atom. The van der Waals surface area contributed by atoms with Crippen molar-refractivity contribution in [1.29, 1.82) is 0 Å². The fourth-order valence-corrected chi connectivity index (χ4v) is 5.50. The van der Waals surface area contributed by atoms with E-state index in [-0.39, 0.29) is 30.1 Å². The number of aliphatic imine (C=N–C) groups is 1. The molecule has 2 heterocycles. The van der Waals surface area contributed by atoms with Crippen molar-refractivity contribution in [1.82, 2.24) is 19.8 Å². The van der Waals surface area contributed by atoms with Crippen molar-refractivity contribution in [2.45, 2.75) is 57.5 Å². The Kier molecular flexibility index (Phi) is 10.0. The first-order chi connectivity index (χ1) is 17.6. The van der Waals surface area contributed by atoms with Crippen molar-refractivity contribution in [2.24, 2.45) is 16.6 Å². The van der Waals surface area contributed by atoms with Crippen LogP contribution >= 0.6 is 0 Å². The predicted octanol–water partition coefficient (Wildman–Crippen LogP) is 0.217. The van der Waals surface area contributed by atoms with Crippen LogP contribution in [0.25, 0.3) is 0 Å². The van der Waals surface area contributed by atoms with Crippen LogP contribution in [0.2, 0.25) is 0 Å². The zero-order valence-corrected chi connectivity index (χ0v) is 22.4. The van der Waals surface area contributed by atoms with E-state index in [1.165, 1.54) is 4.90 Å². The smallest absolute Gasteiger partial charge is 0.248 e. The van der Waals surface area contributed by atoms with Gasteiger partial charge in [-0.2, -0.15) is 4.99 Å². The molecule has 37 heavy (non-hydrogen) atoms. The summed E-state index contributed by atoms with van der Waals surface area (Å²) in [5.74, 6) is -0.377. The second-order valence-corrected chi connectivity index (χ2v) is 11.5. The molecule has 3 rings (SSSR count). The molecule has 2 saturated heterocycles. The van der Waals surface area contributed by atoms with Gasteiger partial charge in [-0.3, -0.25) is 14.4 Å². The number of nitrogens with zero attached hydrogens (tertiary/aromatic N) is 3. The van der Waals surface area contributed by atoms with Crippen molar-refractivity contribution < 1.29 is 22.8 Å². The number of nitrogens with two attached hydrogens (primary N) is 1. The van der Waals surface area contributed by atoms with Gasteiger partial charge >= 0.3 is 0 Å². The van der Waals surface area contributed by atoms with E-state index in [1.54, 1.807) is 6.92 Å². The lowest BCUT2D eigenvalue weighted by molar-refractivity contribution is -0.139. The number of amides is 3. The minimum Gasteiger partial charge on any atom is -0.369 e. The van der Waals surface area contributed by atoms with Crippen LogP contribution in [0, 0.1) is 5.92 Å². The van der Waals surface area contributed by atoms with Gasteiger partial charge in [0.15, 0.2) is 5.96 Å². The van der Waals surface area contributed by atoms with E-state index in [2.05, 4.69) is 15.0 Å². The number of carbonyl (C=O) groups excluding carboxylic acids is 3. The van der Waals surface area contributed by atoms with E-state index < -0.39 is 28.0 Å². The number of sulfonamides is 1. The molecular formula is C25H38N6O5S. The van der Waals surface area contributed by atoms with Gasteiger partial charge in [0, 0.05) is 32.6 Å². The predicted molar refractivity (Wildman–Crippen MR) is 141 cm³/mol. The van der Waals surface area contributed by atoms with E-state index in [0.29, 0.717) is 45.4 Å². The van der Waals surface area contributed by atoms with Crippen molar-refractivity contribution in [3.63, 3.8) is 0 Å². The highest BCUT2D eigenvalue weighted by Crippen LogP contribution is 2.21. The van der Waals surface area contributed by atoms with Crippen LogP contribution in [0.3, 0.4) is 0 Å². The summed E-state index contributed by atoms with van der Waals surface area (Å²) < 4.78 is 26.4. The van der Waals surface area contributed by atoms with Crippen molar-refractivity contribution in [3.8, 4) is 0 Å². The van der Waals surface area contributed by atoms with Crippen LogP contribution in [0.4, 0.5) is 0 Å². The van der Waals surface area contributed by atoms with Crippen LogP contribution in [0.15, 0.2) is 35.3 Å². The summed E-state index contributed by atoms with van der Waals surface area (Å²) >= 11 is 0. The average molecular weight is 535 g/mol. The molecule has 1 aromatic rings. The molecule has 12 heteroatoms. The van der Waals surface area contributed by atoms with Crippen LogP contribution < -0.4 is 15.8 Å². The second-order valence-electron chi connectivity index (χ2n) is 9.71. The third-order valence-electron chi connectivity index (χ3n) is 6.82. The maximum atomic E-state index is 13.4. The third-order valence-corrected chi connectivity index (χ3v) is 7.53. The van der Waals surface area contributed by atoms with Gasteiger partial charge in [0.2, 0.25) is 27.7 Å². The molecule has 0 radical (unpaired) electrons. The van der Waals surface area contributed by atoms with Gasteiger partial charge in [0.25, 0.3) is 0 Å². The number of likely N-dealkylation sites (tertiary alicyclic amines) is 2. The Labute approximate surface area is 218 Å². The molecular weight excluding hydrogens is 496 g/mol. The molecule has 2 aliphatic rings. The Morgan fingerprint density at radius 3 is 2.41 bits per heavy atom. The van der Waals surface area contributed by atoms with Crippen LogP contribution in [0.1, 0.15) is 44.6 Å². The van der Waals surface area contributed by atoms with Gasteiger partial charge in [-0.15, -0.1) is 0 Å². The van der Waals surface area contributed by atoms with Gasteiger partial charge in [-0.25, -0.2) is 13.1 Å². The normalized spacial score (nSPS) is 20.1. The van der Waals surface area contributed by atoms with Crippen molar-refractivity contribution in [3.05, 3.63) is 35.9 Å². The number of hydrogen-bond donors (Lipinski definition) is 3. The summed E-state index contributed by atoms with van der Waals surface area (Å²) in [5, 5.41) is 3.00. The Bertz CT molecular complexity index is 1090. The molecule has 0 aliphatic carbocycles. The summed E-state index contributed by atoms with van der Waals surface area (Å²) in [7, 11) is -3.64. The number of hydrogen-bond acceptors (Lipinski definition) is 5. The van der Waals surface area contributed by atoms with E-state index in [0.717, 1.165) is 24.7 Å². The Hall–Kier alpha value is -2.99. The summed E-state index contributed by atoms with van der Waals surface area (Å²) in [4.78, 5) is 45.3. The maximum Gasteiger partial charge on any atom is 0.248 e. The number of guanidine groups is 1. The first-order valence-electron chi connectivity index (χ1n) is 12.8.